The number of nitrogens with one attached hydrogen (secondary N) is 1. The quantitative estimate of drug-likeness (QED) is 0.729. The number of rotatable bonds is 2. The maximum absolute atomic E-state index is 12.1. The van der Waals surface area contributed by atoms with Crippen molar-refractivity contribution in [1.29, 1.82) is 0 Å². The lowest BCUT2D eigenvalue weighted by molar-refractivity contribution is -0.153. The molecular weight excluding hydrogens is 220 g/mol. The molecule has 0 aromatic heterocycles. The van der Waals surface area contributed by atoms with Crippen molar-refractivity contribution in [3.05, 3.63) is 0 Å². The van der Waals surface area contributed by atoms with E-state index >= 15 is 0 Å². The zero-order valence-electron chi connectivity index (χ0n) is 10.2. The lowest BCUT2D eigenvalue weighted by atomic mass is 9.80. The molecule has 1 unspecified atom stereocenters. The summed E-state index contributed by atoms with van der Waals surface area (Å²) in [5.74, 6) is -0.446. The number of hydrogen-bond donors (Lipinski definition) is 2. The maximum atomic E-state index is 12.1. The summed E-state index contributed by atoms with van der Waals surface area (Å²) < 4.78 is 0. The van der Waals surface area contributed by atoms with Crippen molar-refractivity contribution < 1.29 is 14.7 Å². The Morgan fingerprint density at radius 3 is 2.47 bits per heavy atom. The van der Waals surface area contributed by atoms with Crippen LogP contribution >= 0.6 is 0 Å². The molecule has 2 fully saturated rings. The summed E-state index contributed by atoms with van der Waals surface area (Å²) in [6, 6.07) is 0. The zero-order chi connectivity index (χ0) is 12.5. The van der Waals surface area contributed by atoms with Crippen molar-refractivity contribution in [2.24, 2.45) is 11.3 Å². The Morgan fingerprint density at radius 2 is 2.00 bits per heavy atom. The first-order chi connectivity index (χ1) is 8.03. The zero-order valence-corrected chi connectivity index (χ0v) is 10.2. The second-order valence-electron chi connectivity index (χ2n) is 5.38. The lowest BCUT2D eigenvalue weighted by Crippen LogP contribution is -2.47. The van der Waals surface area contributed by atoms with Crippen LogP contribution in [0.25, 0.3) is 0 Å². The summed E-state index contributed by atoms with van der Waals surface area (Å²) >= 11 is 0. The number of carbonyl (C=O) groups is 2. The molecule has 2 heterocycles. The molecule has 0 aromatic rings. The van der Waals surface area contributed by atoms with Crippen LogP contribution in [-0.2, 0) is 9.59 Å². The number of likely N-dealkylation sites (tertiary alicyclic amines) is 1. The molecule has 5 heteroatoms. The van der Waals surface area contributed by atoms with Gasteiger partial charge >= 0.3 is 5.97 Å². The number of nitrogens with zero attached hydrogens (tertiary/aromatic N) is 1. The van der Waals surface area contributed by atoms with Crippen LogP contribution in [0, 0.1) is 11.3 Å². The molecule has 2 rings (SSSR count). The van der Waals surface area contributed by atoms with E-state index in [9.17, 15) is 9.59 Å². The van der Waals surface area contributed by atoms with Gasteiger partial charge in [-0.15, -0.1) is 0 Å². The van der Waals surface area contributed by atoms with Gasteiger partial charge in [0.1, 0.15) is 0 Å². The molecule has 17 heavy (non-hydrogen) atoms. The van der Waals surface area contributed by atoms with Gasteiger partial charge in [-0.3, -0.25) is 9.59 Å². The summed E-state index contributed by atoms with van der Waals surface area (Å²) in [4.78, 5) is 25.1. The highest BCUT2D eigenvalue weighted by molar-refractivity contribution is 5.80. The smallest absolute Gasteiger partial charge is 0.309 e. The number of hydrogen-bond acceptors (Lipinski definition) is 3. The molecule has 2 aliphatic heterocycles. The highest BCUT2D eigenvalue weighted by Gasteiger charge is 2.39. The summed E-state index contributed by atoms with van der Waals surface area (Å²) in [5, 5.41) is 12.3. The van der Waals surface area contributed by atoms with E-state index in [1.807, 2.05) is 4.90 Å². The predicted octanol–water partition coefficient (Wildman–Crippen LogP) is 0.309. The van der Waals surface area contributed by atoms with E-state index in [1.165, 1.54) is 0 Å². The van der Waals surface area contributed by atoms with Crippen molar-refractivity contribution in [1.82, 2.24) is 10.2 Å². The fourth-order valence-corrected chi connectivity index (χ4v) is 2.56. The predicted molar refractivity (Wildman–Crippen MR) is 62.5 cm³/mol. The Morgan fingerprint density at radius 1 is 1.35 bits per heavy atom. The molecule has 0 aliphatic carbocycles. The van der Waals surface area contributed by atoms with Crippen LogP contribution in [0.3, 0.4) is 0 Å². The number of aliphatic carboxylic acids is 1. The average molecular weight is 240 g/mol. The molecular formula is C12H20N2O3. The monoisotopic (exact) mass is 240 g/mol. The molecule has 0 spiro atoms. The SMILES string of the molecule is CC1(C(=O)O)CCN(C(=O)C2CCNC2)CC1. The normalized spacial score (nSPS) is 28.1. The van der Waals surface area contributed by atoms with E-state index in [-0.39, 0.29) is 11.8 Å². The van der Waals surface area contributed by atoms with Crippen LogP contribution in [0.5, 0.6) is 0 Å². The molecule has 0 saturated carbocycles. The van der Waals surface area contributed by atoms with Gasteiger partial charge in [0, 0.05) is 19.6 Å². The van der Waals surface area contributed by atoms with Gasteiger partial charge in [0.2, 0.25) is 5.91 Å². The second-order valence-corrected chi connectivity index (χ2v) is 5.38. The molecule has 2 aliphatic rings. The van der Waals surface area contributed by atoms with Gasteiger partial charge in [-0.2, -0.15) is 0 Å². The van der Waals surface area contributed by atoms with Crippen LogP contribution in [0.15, 0.2) is 0 Å². The summed E-state index contributed by atoms with van der Waals surface area (Å²) in [6.07, 6.45) is 2.04. The van der Waals surface area contributed by atoms with Gasteiger partial charge in [0.15, 0.2) is 0 Å². The molecule has 0 bridgehead atoms. The summed E-state index contributed by atoms with van der Waals surface area (Å²) in [5.41, 5.74) is -0.648. The van der Waals surface area contributed by atoms with Crippen LogP contribution in [0.4, 0.5) is 0 Å². The molecule has 0 aromatic carbocycles. The third-order valence-corrected chi connectivity index (χ3v) is 4.10. The van der Waals surface area contributed by atoms with Gasteiger partial charge in [-0.1, -0.05) is 0 Å². The van der Waals surface area contributed by atoms with Crippen LogP contribution in [-0.4, -0.2) is 48.1 Å². The fourth-order valence-electron chi connectivity index (χ4n) is 2.56. The number of piperidine rings is 1. The van der Waals surface area contributed by atoms with Gasteiger partial charge in [-0.05, 0) is 32.7 Å². The molecule has 1 atom stereocenters. The standard InChI is InChI=1S/C12H20N2O3/c1-12(11(16)17)3-6-14(7-4-12)10(15)9-2-5-13-8-9/h9,13H,2-8H2,1H3,(H,16,17). The minimum atomic E-state index is -0.743. The fraction of sp³-hybridized carbons (Fsp3) is 0.833. The number of amides is 1. The minimum Gasteiger partial charge on any atom is -0.481 e. The van der Waals surface area contributed by atoms with E-state index in [0.717, 1.165) is 19.5 Å². The Hall–Kier alpha value is -1.10. The van der Waals surface area contributed by atoms with Crippen molar-refractivity contribution >= 4 is 11.9 Å². The maximum Gasteiger partial charge on any atom is 0.309 e. The van der Waals surface area contributed by atoms with E-state index in [1.54, 1.807) is 6.92 Å². The van der Waals surface area contributed by atoms with E-state index in [4.69, 9.17) is 5.11 Å². The van der Waals surface area contributed by atoms with Crippen LogP contribution in [0.1, 0.15) is 26.2 Å². The van der Waals surface area contributed by atoms with Crippen molar-refractivity contribution in [2.45, 2.75) is 26.2 Å². The highest BCUT2D eigenvalue weighted by atomic mass is 16.4. The van der Waals surface area contributed by atoms with Crippen molar-refractivity contribution in [2.75, 3.05) is 26.2 Å². The van der Waals surface area contributed by atoms with Crippen molar-refractivity contribution in [3.8, 4) is 0 Å². The Kier molecular flexibility index (Phi) is 3.38. The molecule has 1 amide bonds. The largest absolute Gasteiger partial charge is 0.481 e. The summed E-state index contributed by atoms with van der Waals surface area (Å²) in [7, 11) is 0. The first-order valence-electron chi connectivity index (χ1n) is 6.26. The van der Waals surface area contributed by atoms with Gasteiger partial charge < -0.3 is 15.3 Å². The van der Waals surface area contributed by atoms with Gasteiger partial charge in [0.25, 0.3) is 0 Å². The lowest BCUT2D eigenvalue weighted by Gasteiger charge is -2.37. The van der Waals surface area contributed by atoms with Gasteiger partial charge in [0.05, 0.1) is 11.3 Å². The molecule has 2 saturated heterocycles. The summed E-state index contributed by atoms with van der Waals surface area (Å²) in [6.45, 7) is 4.62. The van der Waals surface area contributed by atoms with Crippen molar-refractivity contribution in [3.63, 3.8) is 0 Å². The third kappa shape index (κ3) is 2.44. The molecule has 2 N–H and O–H groups in total. The number of carboxylic acids is 1. The Labute approximate surface area is 101 Å². The first kappa shape index (κ1) is 12.4. The molecule has 5 nitrogen and oxygen atoms in total. The van der Waals surface area contributed by atoms with Crippen LogP contribution in [0.2, 0.25) is 0 Å². The van der Waals surface area contributed by atoms with E-state index < -0.39 is 11.4 Å². The van der Waals surface area contributed by atoms with E-state index in [0.29, 0.717) is 25.9 Å². The average Bonchev–Trinajstić information content (AvgIpc) is 2.82. The second kappa shape index (κ2) is 4.64. The van der Waals surface area contributed by atoms with Gasteiger partial charge in [-0.25, -0.2) is 0 Å². The number of carbonyl (C=O) groups excluding carboxylic acids is 1. The Bertz CT molecular complexity index is 316. The van der Waals surface area contributed by atoms with E-state index in [2.05, 4.69) is 5.32 Å². The minimum absolute atomic E-state index is 0.101. The molecule has 96 valence electrons. The highest BCUT2D eigenvalue weighted by Crippen LogP contribution is 2.31. The third-order valence-electron chi connectivity index (χ3n) is 4.10. The number of carboxylic acid groups (broad SMARTS) is 1. The first-order valence-corrected chi connectivity index (χ1v) is 6.26. The molecule has 0 radical (unpaired) electrons. The Balaban J connectivity index is 1.90. The topological polar surface area (TPSA) is 69.6 Å². The van der Waals surface area contributed by atoms with Crippen LogP contribution < -0.4 is 5.32 Å².